The molecule has 2 aromatic rings. The van der Waals surface area contributed by atoms with Gasteiger partial charge in [-0.05, 0) is 62.8 Å². The van der Waals surface area contributed by atoms with Crippen LogP contribution in [0.4, 0.5) is 26.3 Å². The molecule has 234 valence electrons. The number of aryl methyl sites for hydroxylation is 1. The fourth-order valence-corrected chi connectivity index (χ4v) is 6.21. The van der Waals surface area contributed by atoms with Crippen molar-refractivity contribution in [1.29, 1.82) is 0 Å². The molecule has 2 aromatic carbocycles. The zero-order valence-corrected chi connectivity index (χ0v) is 24.2. The molecule has 0 radical (unpaired) electrons. The van der Waals surface area contributed by atoms with Crippen molar-refractivity contribution in [3.05, 3.63) is 70.3 Å². The van der Waals surface area contributed by atoms with Gasteiger partial charge in [0.2, 0.25) is 11.8 Å². The van der Waals surface area contributed by atoms with Crippen molar-refractivity contribution in [1.82, 2.24) is 15.1 Å². The minimum atomic E-state index is -5.08. The van der Waals surface area contributed by atoms with Gasteiger partial charge in [-0.25, -0.2) is 0 Å². The predicted octanol–water partition coefficient (Wildman–Crippen LogP) is 6.18. The minimum Gasteiger partial charge on any atom is -0.354 e. The second-order valence-corrected chi connectivity index (χ2v) is 11.6. The number of halogens is 6. The molecule has 43 heavy (non-hydrogen) atoms. The Morgan fingerprint density at radius 2 is 1.42 bits per heavy atom. The first-order valence-electron chi connectivity index (χ1n) is 14.2. The van der Waals surface area contributed by atoms with Gasteiger partial charge in [0.05, 0.1) is 11.1 Å². The van der Waals surface area contributed by atoms with Crippen LogP contribution in [0.5, 0.6) is 0 Å². The first kappa shape index (κ1) is 32.3. The van der Waals surface area contributed by atoms with Crippen molar-refractivity contribution in [3.8, 4) is 0 Å². The monoisotopic (exact) mass is 611 g/mol. The number of rotatable bonds is 5. The Labute approximate surface area is 246 Å². The second kappa shape index (κ2) is 12.6. The van der Waals surface area contributed by atoms with E-state index in [-0.39, 0.29) is 42.9 Å². The zero-order chi connectivity index (χ0) is 31.7. The lowest BCUT2D eigenvalue weighted by atomic mass is 9.82. The lowest BCUT2D eigenvalue weighted by Gasteiger charge is -2.44. The summed E-state index contributed by atoms with van der Waals surface area (Å²) in [5.74, 6) is -1.74. The number of likely N-dealkylation sites (tertiary alicyclic amines) is 1. The summed E-state index contributed by atoms with van der Waals surface area (Å²) in [6.45, 7) is 3.88. The standard InChI is InChI=1S/C31H35F6N3O3/c1-18-4-6-20(7-5-18)26-17-40(29(43)21-8-10-25(11-9-21)38-19(2)41)13-12-27(26)39(3)28(42)22-14-23(30(32,33)34)16-24(15-22)31(35,36)37/h4-7,14-16,21,25-27H,8-13,17H2,1-3H3,(H,38,41)/t21?,25?,26-,27+/m0/s1. The van der Waals surface area contributed by atoms with Gasteiger partial charge < -0.3 is 15.1 Å². The Balaban J connectivity index is 1.58. The van der Waals surface area contributed by atoms with E-state index >= 15 is 0 Å². The number of alkyl halides is 6. The lowest BCUT2D eigenvalue weighted by molar-refractivity contribution is -0.143. The molecule has 4 rings (SSSR count). The molecule has 1 saturated heterocycles. The van der Waals surface area contributed by atoms with E-state index < -0.39 is 46.9 Å². The molecule has 12 heteroatoms. The smallest absolute Gasteiger partial charge is 0.354 e. The molecule has 2 fully saturated rings. The van der Waals surface area contributed by atoms with Crippen LogP contribution >= 0.6 is 0 Å². The summed E-state index contributed by atoms with van der Waals surface area (Å²) in [6.07, 6.45) is -7.26. The van der Waals surface area contributed by atoms with Crippen LogP contribution in [0.2, 0.25) is 0 Å². The highest BCUT2D eigenvalue weighted by Gasteiger charge is 2.41. The van der Waals surface area contributed by atoms with Gasteiger partial charge in [-0.3, -0.25) is 14.4 Å². The van der Waals surface area contributed by atoms with Crippen LogP contribution in [0, 0.1) is 12.8 Å². The number of nitrogens with one attached hydrogen (secondary N) is 1. The fraction of sp³-hybridized carbons (Fsp3) is 0.516. The maximum atomic E-state index is 13.6. The molecule has 3 amide bonds. The van der Waals surface area contributed by atoms with Crippen LogP contribution < -0.4 is 5.32 Å². The molecule has 6 nitrogen and oxygen atoms in total. The van der Waals surface area contributed by atoms with Crippen molar-refractivity contribution in [2.45, 2.75) is 76.3 Å². The predicted molar refractivity (Wildman–Crippen MR) is 147 cm³/mol. The van der Waals surface area contributed by atoms with E-state index in [1.165, 1.54) is 18.9 Å². The molecular weight excluding hydrogens is 576 g/mol. The number of benzene rings is 2. The second-order valence-electron chi connectivity index (χ2n) is 11.6. The van der Waals surface area contributed by atoms with Gasteiger partial charge >= 0.3 is 12.4 Å². The number of likely N-dealkylation sites (N-methyl/N-ethyl adjacent to an activating group) is 1. The lowest BCUT2D eigenvalue weighted by Crippen LogP contribution is -2.53. The van der Waals surface area contributed by atoms with Gasteiger partial charge in [-0.2, -0.15) is 26.3 Å². The van der Waals surface area contributed by atoms with Gasteiger partial charge in [0, 0.05) is 56.5 Å². The highest BCUT2D eigenvalue weighted by atomic mass is 19.4. The van der Waals surface area contributed by atoms with Crippen molar-refractivity contribution in [2.75, 3.05) is 20.1 Å². The van der Waals surface area contributed by atoms with E-state index in [2.05, 4.69) is 5.32 Å². The third-order valence-electron chi connectivity index (χ3n) is 8.53. The molecule has 0 unspecified atom stereocenters. The van der Waals surface area contributed by atoms with E-state index in [1.54, 1.807) is 4.90 Å². The van der Waals surface area contributed by atoms with Gasteiger partial charge in [0.15, 0.2) is 0 Å². The molecule has 1 saturated carbocycles. The summed E-state index contributed by atoms with van der Waals surface area (Å²) in [5.41, 5.74) is -2.03. The average Bonchev–Trinajstić information content (AvgIpc) is 2.95. The fourth-order valence-electron chi connectivity index (χ4n) is 6.21. The van der Waals surface area contributed by atoms with Crippen molar-refractivity contribution in [2.24, 2.45) is 5.92 Å². The van der Waals surface area contributed by atoms with Crippen LogP contribution in [-0.2, 0) is 21.9 Å². The van der Waals surface area contributed by atoms with Crippen molar-refractivity contribution >= 4 is 17.7 Å². The quantitative estimate of drug-likeness (QED) is 0.411. The third-order valence-corrected chi connectivity index (χ3v) is 8.53. The number of carbonyl (C=O) groups is 3. The third kappa shape index (κ3) is 7.69. The molecule has 1 N–H and O–H groups in total. The molecule has 0 aromatic heterocycles. The van der Waals surface area contributed by atoms with E-state index in [0.717, 1.165) is 11.1 Å². The van der Waals surface area contributed by atoms with Gasteiger partial charge in [-0.1, -0.05) is 29.8 Å². The molecule has 0 spiro atoms. The van der Waals surface area contributed by atoms with E-state index in [9.17, 15) is 40.7 Å². The Hall–Kier alpha value is -3.57. The van der Waals surface area contributed by atoms with Crippen LogP contribution in [0.1, 0.15) is 77.6 Å². The molecule has 1 aliphatic heterocycles. The minimum absolute atomic E-state index is 0.000366. The summed E-state index contributed by atoms with van der Waals surface area (Å²) in [6, 6.07) is 7.82. The van der Waals surface area contributed by atoms with Crippen LogP contribution in [0.3, 0.4) is 0 Å². The summed E-state index contributed by atoms with van der Waals surface area (Å²) >= 11 is 0. The van der Waals surface area contributed by atoms with Crippen molar-refractivity contribution < 1.29 is 40.7 Å². The van der Waals surface area contributed by atoms with Gasteiger partial charge in [0.25, 0.3) is 5.91 Å². The van der Waals surface area contributed by atoms with Crippen LogP contribution in [0.25, 0.3) is 0 Å². The molecule has 0 bridgehead atoms. The van der Waals surface area contributed by atoms with E-state index in [1.807, 2.05) is 31.2 Å². The summed E-state index contributed by atoms with van der Waals surface area (Å²) < 4.78 is 80.8. The number of amides is 3. The molecule has 2 aliphatic rings. The average molecular weight is 612 g/mol. The number of piperidine rings is 1. The van der Waals surface area contributed by atoms with Crippen LogP contribution in [0.15, 0.2) is 42.5 Å². The number of hydrogen-bond donors (Lipinski definition) is 1. The Morgan fingerprint density at radius 3 is 1.93 bits per heavy atom. The molecular formula is C31H35F6N3O3. The zero-order valence-electron chi connectivity index (χ0n) is 24.2. The van der Waals surface area contributed by atoms with Crippen molar-refractivity contribution in [3.63, 3.8) is 0 Å². The Morgan fingerprint density at radius 1 is 0.860 bits per heavy atom. The highest BCUT2D eigenvalue weighted by molar-refractivity contribution is 5.95. The first-order chi connectivity index (χ1) is 20.0. The first-order valence-corrected chi connectivity index (χ1v) is 14.2. The number of nitrogens with zero attached hydrogens (tertiary/aromatic N) is 2. The summed E-state index contributed by atoms with van der Waals surface area (Å²) in [7, 11) is 1.38. The van der Waals surface area contributed by atoms with Crippen LogP contribution in [-0.4, -0.2) is 59.7 Å². The maximum Gasteiger partial charge on any atom is 0.416 e. The summed E-state index contributed by atoms with van der Waals surface area (Å²) in [4.78, 5) is 41.4. The Kier molecular flexibility index (Phi) is 9.46. The topological polar surface area (TPSA) is 69.7 Å². The normalized spacial score (nSPS) is 23.0. The van der Waals surface area contributed by atoms with Gasteiger partial charge in [-0.15, -0.1) is 0 Å². The van der Waals surface area contributed by atoms with E-state index in [4.69, 9.17) is 0 Å². The number of hydrogen-bond acceptors (Lipinski definition) is 3. The molecule has 1 aliphatic carbocycles. The molecule has 1 heterocycles. The highest BCUT2D eigenvalue weighted by Crippen LogP contribution is 2.38. The number of carbonyl (C=O) groups excluding carboxylic acids is 3. The summed E-state index contributed by atoms with van der Waals surface area (Å²) in [5, 5.41) is 2.89. The maximum absolute atomic E-state index is 13.6. The SMILES string of the molecule is CC(=O)NC1CCC(C(=O)N2CC[C@@H](N(C)C(=O)c3cc(C(F)(F)F)cc(C(F)(F)F)c3)[C@H](c3ccc(C)cc3)C2)CC1. The van der Waals surface area contributed by atoms with Gasteiger partial charge in [0.1, 0.15) is 0 Å². The van der Waals surface area contributed by atoms with E-state index in [0.29, 0.717) is 44.2 Å². The molecule has 2 atom stereocenters. The Bertz CT molecular complexity index is 1300. The largest absolute Gasteiger partial charge is 0.416 e.